The number of nitrogens with zero attached hydrogens (tertiary/aromatic N) is 1. The average molecular weight is 476 g/mol. The molecule has 1 aromatic heterocycles. The molecule has 2 atom stereocenters. The molecule has 3 N–H and O–H groups in total. The maximum absolute atomic E-state index is 11.4. The van der Waals surface area contributed by atoms with Gasteiger partial charge in [-0.1, -0.05) is 67.0 Å². The van der Waals surface area contributed by atoms with Crippen molar-refractivity contribution in [2.45, 2.75) is 56.1 Å². The quantitative estimate of drug-likeness (QED) is 0.468. The van der Waals surface area contributed by atoms with Crippen LogP contribution in [0.15, 0.2) is 51.9 Å². The fraction of sp³-hybridized carbons (Fsp3) is 0.375. The van der Waals surface area contributed by atoms with Crippen LogP contribution in [0.1, 0.15) is 43.0 Å². The van der Waals surface area contributed by atoms with E-state index in [1.807, 2.05) is 12.1 Å². The van der Waals surface area contributed by atoms with Crippen molar-refractivity contribution in [1.82, 2.24) is 9.88 Å². The van der Waals surface area contributed by atoms with Crippen LogP contribution in [0.25, 0.3) is 0 Å². The minimum atomic E-state index is -0.518. The Morgan fingerprint density at radius 1 is 1.26 bits per heavy atom. The first-order valence-corrected chi connectivity index (χ1v) is 12.1. The van der Waals surface area contributed by atoms with E-state index in [4.69, 9.17) is 28.9 Å². The van der Waals surface area contributed by atoms with Crippen molar-refractivity contribution in [3.05, 3.63) is 68.9 Å². The SMILES string of the molecule is Cc1c(CNC(N)=O)c(C(C)C)c(Sc2cc(Cl)cc(Cl)c2)n1CC1=CC2CC2C=C1. The molecule has 2 unspecified atom stereocenters. The molecule has 2 aromatic rings. The first-order chi connectivity index (χ1) is 14.7. The van der Waals surface area contributed by atoms with E-state index in [2.05, 4.69) is 48.9 Å². The molecule has 1 aromatic carbocycles. The van der Waals surface area contributed by atoms with Gasteiger partial charge in [0.2, 0.25) is 0 Å². The average Bonchev–Trinajstić information content (AvgIpc) is 3.40. The first-order valence-electron chi connectivity index (χ1n) is 10.5. The number of carbonyl (C=O) groups excluding carboxylic acids is 1. The van der Waals surface area contributed by atoms with Crippen LogP contribution >= 0.6 is 35.0 Å². The van der Waals surface area contributed by atoms with Crippen LogP contribution < -0.4 is 11.1 Å². The molecule has 1 heterocycles. The fourth-order valence-corrected chi connectivity index (χ4v) is 6.32. The van der Waals surface area contributed by atoms with Crippen molar-refractivity contribution in [2.24, 2.45) is 17.6 Å². The smallest absolute Gasteiger partial charge is 0.312 e. The van der Waals surface area contributed by atoms with Crippen molar-refractivity contribution in [2.75, 3.05) is 0 Å². The third-order valence-electron chi connectivity index (χ3n) is 5.93. The van der Waals surface area contributed by atoms with Gasteiger partial charge in [0.15, 0.2) is 0 Å². The van der Waals surface area contributed by atoms with Gasteiger partial charge < -0.3 is 15.6 Å². The highest BCUT2D eigenvalue weighted by molar-refractivity contribution is 7.99. The van der Waals surface area contributed by atoms with E-state index < -0.39 is 6.03 Å². The van der Waals surface area contributed by atoms with Gasteiger partial charge in [0.1, 0.15) is 0 Å². The van der Waals surface area contributed by atoms with Crippen molar-refractivity contribution >= 4 is 41.0 Å². The molecule has 164 valence electrons. The number of allylic oxidation sites excluding steroid dienone is 4. The highest BCUT2D eigenvalue weighted by atomic mass is 35.5. The van der Waals surface area contributed by atoms with Gasteiger partial charge >= 0.3 is 6.03 Å². The van der Waals surface area contributed by atoms with Crippen LogP contribution in [-0.2, 0) is 13.1 Å². The Hall–Kier alpha value is -1.82. The number of benzene rings is 1. The summed E-state index contributed by atoms with van der Waals surface area (Å²) in [6.07, 6.45) is 8.26. The molecular weight excluding hydrogens is 449 g/mol. The molecule has 2 aliphatic carbocycles. The van der Waals surface area contributed by atoms with Crippen LogP contribution in [0.2, 0.25) is 10.0 Å². The molecule has 4 nitrogen and oxygen atoms in total. The van der Waals surface area contributed by atoms with Gasteiger partial charge in [-0.2, -0.15) is 0 Å². The maximum Gasteiger partial charge on any atom is 0.312 e. The van der Waals surface area contributed by atoms with Gasteiger partial charge in [-0.25, -0.2) is 4.79 Å². The summed E-state index contributed by atoms with van der Waals surface area (Å²) in [6, 6.07) is 5.10. The number of rotatable bonds is 7. The zero-order valence-corrected chi connectivity index (χ0v) is 20.2. The van der Waals surface area contributed by atoms with Gasteiger partial charge in [0.05, 0.1) is 5.03 Å². The number of nitrogens with two attached hydrogens (primary N) is 1. The van der Waals surface area contributed by atoms with E-state index >= 15 is 0 Å². The molecule has 0 spiro atoms. The molecular formula is C24H27Cl2N3OS. The van der Waals surface area contributed by atoms with Gasteiger partial charge in [-0.15, -0.1) is 0 Å². The largest absolute Gasteiger partial charge is 0.352 e. The van der Waals surface area contributed by atoms with Crippen molar-refractivity contribution < 1.29 is 4.79 Å². The second-order valence-electron chi connectivity index (χ2n) is 8.61. The van der Waals surface area contributed by atoms with Crippen molar-refractivity contribution in [3.63, 3.8) is 0 Å². The predicted octanol–water partition coefficient (Wildman–Crippen LogP) is 6.68. The number of aromatic nitrogens is 1. The Labute approximate surface area is 197 Å². The van der Waals surface area contributed by atoms with Gasteiger partial charge in [0, 0.05) is 33.7 Å². The molecule has 0 aliphatic heterocycles. The molecule has 2 aliphatic rings. The summed E-state index contributed by atoms with van der Waals surface area (Å²) in [6.45, 7) is 7.67. The van der Waals surface area contributed by atoms with E-state index in [1.54, 1.807) is 17.8 Å². The Kier molecular flexibility index (Phi) is 6.47. The lowest BCUT2D eigenvalue weighted by Crippen LogP contribution is -2.29. The zero-order valence-electron chi connectivity index (χ0n) is 17.9. The Morgan fingerprint density at radius 3 is 2.58 bits per heavy atom. The van der Waals surface area contributed by atoms with E-state index in [9.17, 15) is 4.79 Å². The number of halogens is 2. The van der Waals surface area contributed by atoms with Crippen LogP contribution in [0.3, 0.4) is 0 Å². The van der Waals surface area contributed by atoms with Gasteiger partial charge in [-0.3, -0.25) is 0 Å². The molecule has 7 heteroatoms. The number of nitrogens with one attached hydrogen (secondary N) is 1. The minimum absolute atomic E-state index is 0.269. The zero-order chi connectivity index (χ0) is 22.3. The van der Waals surface area contributed by atoms with Crippen molar-refractivity contribution in [3.8, 4) is 0 Å². The fourth-order valence-electron chi connectivity index (χ4n) is 4.29. The summed E-state index contributed by atoms with van der Waals surface area (Å²) in [5.41, 5.74) is 10.2. The van der Waals surface area contributed by atoms with Gasteiger partial charge in [-0.05, 0) is 66.0 Å². The summed E-state index contributed by atoms with van der Waals surface area (Å²) in [5, 5.41) is 5.17. The Morgan fingerprint density at radius 2 is 1.97 bits per heavy atom. The molecule has 1 saturated carbocycles. The van der Waals surface area contributed by atoms with E-state index in [1.165, 1.54) is 17.6 Å². The highest BCUT2D eigenvalue weighted by Gasteiger charge is 2.35. The number of urea groups is 1. The monoisotopic (exact) mass is 475 g/mol. The number of fused-ring (bicyclic) bond motifs is 1. The van der Waals surface area contributed by atoms with Crippen LogP contribution in [-0.4, -0.2) is 10.6 Å². The Balaban J connectivity index is 1.79. The summed E-state index contributed by atoms with van der Waals surface area (Å²) in [7, 11) is 0. The molecule has 2 amide bonds. The van der Waals surface area contributed by atoms with Crippen molar-refractivity contribution in [1.29, 1.82) is 0 Å². The number of hydrogen-bond acceptors (Lipinski definition) is 2. The lowest BCUT2D eigenvalue weighted by molar-refractivity contribution is 0.248. The topological polar surface area (TPSA) is 60.0 Å². The molecule has 0 bridgehead atoms. The van der Waals surface area contributed by atoms with E-state index in [0.29, 0.717) is 22.5 Å². The second-order valence-corrected chi connectivity index (χ2v) is 10.5. The number of amides is 2. The van der Waals surface area contributed by atoms with Crippen LogP contribution in [0, 0.1) is 18.8 Å². The van der Waals surface area contributed by atoms with Gasteiger partial charge in [0.25, 0.3) is 0 Å². The molecule has 0 radical (unpaired) electrons. The first kappa shape index (κ1) is 22.4. The van der Waals surface area contributed by atoms with Crippen LogP contribution in [0.5, 0.6) is 0 Å². The summed E-state index contributed by atoms with van der Waals surface area (Å²) < 4.78 is 2.35. The lowest BCUT2D eigenvalue weighted by atomic mass is 10.0. The lowest BCUT2D eigenvalue weighted by Gasteiger charge is -2.16. The van der Waals surface area contributed by atoms with E-state index in [0.717, 1.165) is 33.6 Å². The normalized spacial score (nSPS) is 19.4. The second kappa shape index (κ2) is 8.97. The minimum Gasteiger partial charge on any atom is -0.352 e. The summed E-state index contributed by atoms with van der Waals surface area (Å²) in [5.74, 6) is 1.70. The molecule has 0 saturated heterocycles. The summed E-state index contributed by atoms with van der Waals surface area (Å²) >= 11 is 14.2. The Bertz CT molecular complexity index is 1070. The number of carbonyl (C=O) groups is 1. The van der Waals surface area contributed by atoms with E-state index in [-0.39, 0.29) is 5.92 Å². The molecule has 4 rings (SSSR count). The molecule has 1 fully saturated rings. The summed E-state index contributed by atoms with van der Waals surface area (Å²) in [4.78, 5) is 12.4. The predicted molar refractivity (Wildman–Crippen MR) is 129 cm³/mol. The highest BCUT2D eigenvalue weighted by Crippen LogP contribution is 2.45. The third kappa shape index (κ3) is 5.00. The number of hydrogen-bond donors (Lipinski definition) is 2. The third-order valence-corrected chi connectivity index (χ3v) is 7.47. The maximum atomic E-state index is 11.4. The standard InChI is InChI=1S/C24H27Cl2N3OS/c1-13(2)22-21(11-28-24(27)30)14(3)29(12-15-4-5-16-7-17(16)6-15)23(22)31-20-9-18(25)8-19(26)10-20/h4-6,8-10,13,16-17H,7,11-12H2,1-3H3,(H3,27,28,30). The molecule has 31 heavy (non-hydrogen) atoms. The van der Waals surface area contributed by atoms with Crippen LogP contribution in [0.4, 0.5) is 4.79 Å². The number of primary amides is 1.